The van der Waals surface area contributed by atoms with Gasteiger partial charge in [0.05, 0.1) is 0 Å². The minimum Gasteiger partial charge on any atom is -0.334 e. The highest BCUT2D eigenvalue weighted by Gasteiger charge is 2.21. The predicted octanol–water partition coefficient (Wildman–Crippen LogP) is 1.17. The second kappa shape index (κ2) is 5.95. The van der Waals surface area contributed by atoms with Crippen molar-refractivity contribution in [2.75, 3.05) is 19.6 Å². The zero-order valence-corrected chi connectivity index (χ0v) is 9.83. The SMILES string of the molecule is CCC1CCN(C(=O)NC(C)CN)CC1. The van der Waals surface area contributed by atoms with Gasteiger partial charge in [0.2, 0.25) is 0 Å². The van der Waals surface area contributed by atoms with E-state index < -0.39 is 0 Å². The van der Waals surface area contributed by atoms with Crippen molar-refractivity contribution in [2.45, 2.75) is 39.2 Å². The highest BCUT2D eigenvalue weighted by molar-refractivity contribution is 5.74. The lowest BCUT2D eigenvalue weighted by atomic mass is 9.95. The Balaban J connectivity index is 2.30. The predicted molar refractivity (Wildman–Crippen MR) is 61.6 cm³/mol. The Morgan fingerprint density at radius 2 is 2.13 bits per heavy atom. The van der Waals surface area contributed by atoms with Gasteiger partial charge in [-0.2, -0.15) is 0 Å². The minimum atomic E-state index is 0.0440. The summed E-state index contributed by atoms with van der Waals surface area (Å²) in [7, 11) is 0. The molecule has 0 saturated carbocycles. The topological polar surface area (TPSA) is 58.4 Å². The van der Waals surface area contributed by atoms with Gasteiger partial charge in [-0.05, 0) is 25.7 Å². The van der Waals surface area contributed by atoms with Gasteiger partial charge in [-0.1, -0.05) is 13.3 Å². The van der Waals surface area contributed by atoms with Gasteiger partial charge < -0.3 is 16.0 Å². The van der Waals surface area contributed by atoms with Crippen molar-refractivity contribution >= 4 is 6.03 Å². The Morgan fingerprint density at radius 3 is 2.60 bits per heavy atom. The van der Waals surface area contributed by atoms with E-state index in [1.54, 1.807) is 0 Å². The van der Waals surface area contributed by atoms with E-state index in [9.17, 15) is 4.79 Å². The van der Waals surface area contributed by atoms with Gasteiger partial charge in [0.25, 0.3) is 0 Å². The normalized spacial score (nSPS) is 20.1. The van der Waals surface area contributed by atoms with Crippen LogP contribution in [-0.4, -0.2) is 36.6 Å². The average Bonchev–Trinajstić information content (AvgIpc) is 2.29. The summed E-state index contributed by atoms with van der Waals surface area (Å²) in [5, 5.41) is 2.89. The first kappa shape index (κ1) is 12.3. The first-order valence-corrected chi connectivity index (χ1v) is 5.92. The summed E-state index contributed by atoms with van der Waals surface area (Å²) >= 11 is 0. The van der Waals surface area contributed by atoms with Crippen molar-refractivity contribution in [3.8, 4) is 0 Å². The van der Waals surface area contributed by atoms with Crippen LogP contribution < -0.4 is 11.1 Å². The minimum absolute atomic E-state index is 0.0440. The van der Waals surface area contributed by atoms with Crippen LogP contribution in [-0.2, 0) is 0 Å². The molecular formula is C11H23N3O. The number of carbonyl (C=O) groups is 1. The number of amides is 2. The van der Waals surface area contributed by atoms with Crippen molar-refractivity contribution in [2.24, 2.45) is 11.7 Å². The lowest BCUT2D eigenvalue weighted by Crippen LogP contribution is -2.48. The summed E-state index contributed by atoms with van der Waals surface area (Å²) < 4.78 is 0. The lowest BCUT2D eigenvalue weighted by molar-refractivity contribution is 0.167. The molecule has 1 aliphatic rings. The van der Waals surface area contributed by atoms with Gasteiger partial charge in [0.15, 0.2) is 0 Å². The van der Waals surface area contributed by atoms with Crippen LogP contribution in [0.25, 0.3) is 0 Å². The number of hydrogen-bond acceptors (Lipinski definition) is 2. The van der Waals surface area contributed by atoms with Gasteiger partial charge in [-0.15, -0.1) is 0 Å². The smallest absolute Gasteiger partial charge is 0.317 e. The highest BCUT2D eigenvalue weighted by Crippen LogP contribution is 2.19. The number of urea groups is 1. The van der Waals surface area contributed by atoms with E-state index in [1.165, 1.54) is 6.42 Å². The maximum Gasteiger partial charge on any atom is 0.317 e. The second-order valence-electron chi connectivity index (χ2n) is 4.42. The molecule has 1 saturated heterocycles. The zero-order chi connectivity index (χ0) is 11.3. The standard InChI is InChI=1S/C11H23N3O/c1-3-10-4-6-14(7-5-10)11(15)13-9(2)8-12/h9-10H,3-8,12H2,1-2H3,(H,13,15). The molecule has 88 valence electrons. The Labute approximate surface area is 92.2 Å². The first-order valence-electron chi connectivity index (χ1n) is 5.92. The molecule has 1 aliphatic heterocycles. The van der Waals surface area contributed by atoms with Crippen LogP contribution in [0.1, 0.15) is 33.1 Å². The molecule has 4 nitrogen and oxygen atoms in total. The van der Waals surface area contributed by atoms with Crippen molar-refractivity contribution in [1.82, 2.24) is 10.2 Å². The van der Waals surface area contributed by atoms with Gasteiger partial charge in [0, 0.05) is 25.7 Å². The molecule has 0 aromatic carbocycles. The van der Waals surface area contributed by atoms with E-state index in [4.69, 9.17) is 5.73 Å². The third kappa shape index (κ3) is 3.70. The molecule has 0 aromatic heterocycles. The Kier molecular flexibility index (Phi) is 4.88. The number of likely N-dealkylation sites (tertiary alicyclic amines) is 1. The fourth-order valence-electron chi connectivity index (χ4n) is 1.91. The number of rotatable bonds is 3. The van der Waals surface area contributed by atoms with Gasteiger partial charge in [0.1, 0.15) is 0 Å². The highest BCUT2D eigenvalue weighted by atomic mass is 16.2. The molecule has 3 N–H and O–H groups in total. The number of nitrogens with one attached hydrogen (secondary N) is 1. The fraction of sp³-hybridized carbons (Fsp3) is 0.909. The van der Waals surface area contributed by atoms with Crippen molar-refractivity contribution in [3.63, 3.8) is 0 Å². The molecular weight excluding hydrogens is 190 g/mol. The molecule has 2 amide bonds. The molecule has 0 bridgehead atoms. The number of piperidine rings is 1. The van der Waals surface area contributed by atoms with Crippen LogP contribution in [0.5, 0.6) is 0 Å². The number of nitrogens with zero attached hydrogens (tertiary/aromatic N) is 1. The van der Waals surface area contributed by atoms with E-state index in [-0.39, 0.29) is 12.1 Å². The molecule has 15 heavy (non-hydrogen) atoms. The van der Waals surface area contributed by atoms with Gasteiger partial charge in [-0.3, -0.25) is 0 Å². The average molecular weight is 213 g/mol. The molecule has 1 unspecified atom stereocenters. The van der Waals surface area contributed by atoms with E-state index >= 15 is 0 Å². The third-order valence-electron chi connectivity index (χ3n) is 3.20. The van der Waals surface area contributed by atoms with E-state index in [0.717, 1.165) is 31.8 Å². The van der Waals surface area contributed by atoms with Crippen LogP contribution in [0.4, 0.5) is 4.79 Å². The van der Waals surface area contributed by atoms with Crippen LogP contribution in [0.3, 0.4) is 0 Å². The first-order chi connectivity index (χ1) is 7.17. The van der Waals surface area contributed by atoms with Crippen molar-refractivity contribution < 1.29 is 4.79 Å². The third-order valence-corrected chi connectivity index (χ3v) is 3.20. The number of hydrogen-bond donors (Lipinski definition) is 2. The van der Waals surface area contributed by atoms with E-state index in [1.807, 2.05) is 11.8 Å². The summed E-state index contributed by atoms with van der Waals surface area (Å²) in [6.07, 6.45) is 3.51. The largest absolute Gasteiger partial charge is 0.334 e. The fourth-order valence-corrected chi connectivity index (χ4v) is 1.91. The summed E-state index contributed by atoms with van der Waals surface area (Å²) in [5.74, 6) is 0.806. The molecule has 0 spiro atoms. The summed E-state index contributed by atoms with van der Waals surface area (Å²) in [5.41, 5.74) is 5.46. The molecule has 0 radical (unpaired) electrons. The molecule has 4 heteroatoms. The Bertz CT molecular complexity index is 200. The van der Waals surface area contributed by atoms with E-state index in [2.05, 4.69) is 12.2 Å². The lowest BCUT2D eigenvalue weighted by Gasteiger charge is -2.32. The Morgan fingerprint density at radius 1 is 1.53 bits per heavy atom. The number of carbonyl (C=O) groups excluding carboxylic acids is 1. The molecule has 1 fully saturated rings. The summed E-state index contributed by atoms with van der Waals surface area (Å²) in [6, 6.07) is 0.115. The number of nitrogens with two attached hydrogens (primary N) is 1. The van der Waals surface area contributed by atoms with Crippen LogP contribution in [0.2, 0.25) is 0 Å². The summed E-state index contributed by atoms with van der Waals surface area (Å²) in [6.45, 7) is 6.42. The molecule has 0 aliphatic carbocycles. The monoisotopic (exact) mass is 213 g/mol. The van der Waals surface area contributed by atoms with Crippen molar-refractivity contribution in [3.05, 3.63) is 0 Å². The van der Waals surface area contributed by atoms with Crippen LogP contribution in [0, 0.1) is 5.92 Å². The summed E-state index contributed by atoms with van der Waals surface area (Å²) in [4.78, 5) is 13.6. The molecule has 1 heterocycles. The maximum atomic E-state index is 11.7. The van der Waals surface area contributed by atoms with Crippen molar-refractivity contribution in [1.29, 1.82) is 0 Å². The van der Waals surface area contributed by atoms with Gasteiger partial charge in [-0.25, -0.2) is 4.79 Å². The molecule has 1 atom stereocenters. The quantitative estimate of drug-likeness (QED) is 0.739. The van der Waals surface area contributed by atoms with Crippen LogP contribution in [0.15, 0.2) is 0 Å². The Hall–Kier alpha value is -0.770. The van der Waals surface area contributed by atoms with E-state index in [0.29, 0.717) is 6.54 Å². The maximum absolute atomic E-state index is 11.7. The van der Waals surface area contributed by atoms with Gasteiger partial charge >= 0.3 is 6.03 Å². The zero-order valence-electron chi connectivity index (χ0n) is 9.83. The second-order valence-corrected chi connectivity index (χ2v) is 4.42. The molecule has 1 rings (SSSR count). The molecule has 0 aromatic rings. The van der Waals surface area contributed by atoms with Crippen LogP contribution >= 0.6 is 0 Å².